The summed E-state index contributed by atoms with van der Waals surface area (Å²) in [5.41, 5.74) is 2.46. The molecule has 0 unspecified atom stereocenters. The molecule has 3 rings (SSSR count). The maximum atomic E-state index is 12.0. The molecule has 2 aliphatic rings. The van der Waals surface area contributed by atoms with E-state index in [1.54, 1.807) is 18.5 Å². The van der Waals surface area contributed by atoms with Crippen molar-refractivity contribution >= 4 is 11.9 Å². The minimum Gasteiger partial charge on any atom is -0.465 e. The highest BCUT2D eigenvalue weighted by Crippen LogP contribution is 2.19. The van der Waals surface area contributed by atoms with E-state index in [1.807, 2.05) is 0 Å². The number of ether oxygens (including phenoxy) is 1. The molecule has 1 aromatic heterocycles. The number of carbonyl (C=O) groups excluding carboxylic acids is 2. The van der Waals surface area contributed by atoms with Crippen LogP contribution in [0.2, 0.25) is 0 Å². The fourth-order valence-electron chi connectivity index (χ4n) is 2.08. The minimum atomic E-state index is -0.669. The van der Waals surface area contributed by atoms with Crippen molar-refractivity contribution in [3.63, 3.8) is 0 Å². The maximum Gasteiger partial charge on any atom is 0.341 e. The number of hydrogen-bond donors (Lipinski definition) is 2. The third-order valence-corrected chi connectivity index (χ3v) is 3.08. The van der Waals surface area contributed by atoms with Crippen molar-refractivity contribution in [1.82, 2.24) is 24.7 Å². The average molecular weight is 316 g/mol. The van der Waals surface area contributed by atoms with E-state index in [0.717, 1.165) is 0 Å². The molecule has 0 saturated carbocycles. The Labute approximate surface area is 129 Å². The standard InChI is InChI=1S/C13H12N6O4/c1-23-13(22)9-6-19(5-8-11(9)15-16-12(8)21)17-10(20)7-18-4-2-3-14-18/h2-6H,7H2,1H3,(H,16,21)(H,17,20). The molecule has 0 radical (unpaired) electrons. The van der Waals surface area contributed by atoms with Crippen molar-refractivity contribution in [3.8, 4) is 11.3 Å². The van der Waals surface area contributed by atoms with Gasteiger partial charge in [0, 0.05) is 24.8 Å². The number of rotatable bonds is 4. The summed E-state index contributed by atoms with van der Waals surface area (Å²) < 4.78 is 7.32. The molecule has 118 valence electrons. The van der Waals surface area contributed by atoms with Crippen LogP contribution in [-0.2, 0) is 16.1 Å². The first-order chi connectivity index (χ1) is 11.1. The topological polar surface area (TPSA) is 124 Å². The summed E-state index contributed by atoms with van der Waals surface area (Å²) in [6.07, 6.45) is 5.89. The predicted octanol–water partition coefficient (Wildman–Crippen LogP) is -0.570. The van der Waals surface area contributed by atoms with Crippen LogP contribution >= 0.6 is 0 Å². The molecule has 10 nitrogen and oxygen atoms in total. The number of hydrogen-bond acceptors (Lipinski definition) is 6. The van der Waals surface area contributed by atoms with Crippen LogP contribution in [0.25, 0.3) is 11.3 Å². The largest absolute Gasteiger partial charge is 0.465 e. The number of esters is 1. The van der Waals surface area contributed by atoms with E-state index in [2.05, 4.69) is 25.5 Å². The molecule has 0 saturated heterocycles. The molecular weight excluding hydrogens is 304 g/mol. The first kappa shape index (κ1) is 14.5. The van der Waals surface area contributed by atoms with Crippen LogP contribution in [0, 0.1) is 0 Å². The number of pyridine rings is 1. The van der Waals surface area contributed by atoms with Gasteiger partial charge in [0.1, 0.15) is 17.8 Å². The van der Waals surface area contributed by atoms with Gasteiger partial charge in [-0.2, -0.15) is 10.2 Å². The molecule has 0 fully saturated rings. The zero-order valence-electron chi connectivity index (χ0n) is 12.0. The molecule has 0 atom stereocenters. The Balaban J connectivity index is 1.92. The molecule has 0 aliphatic carbocycles. The van der Waals surface area contributed by atoms with Gasteiger partial charge < -0.3 is 4.74 Å². The molecule has 1 aromatic rings. The van der Waals surface area contributed by atoms with Crippen LogP contribution in [0.3, 0.4) is 0 Å². The van der Waals surface area contributed by atoms with Crippen molar-refractivity contribution in [1.29, 1.82) is 0 Å². The first-order valence-electron chi connectivity index (χ1n) is 6.54. The van der Waals surface area contributed by atoms with E-state index in [1.165, 1.54) is 28.9 Å². The third-order valence-electron chi connectivity index (χ3n) is 3.08. The monoisotopic (exact) mass is 316 g/mol. The van der Waals surface area contributed by atoms with E-state index < -0.39 is 11.5 Å². The Morgan fingerprint density at radius 2 is 2.22 bits per heavy atom. The number of carbonyl (C=O) groups is 2. The molecule has 2 aliphatic heterocycles. The smallest absolute Gasteiger partial charge is 0.341 e. The molecule has 0 spiro atoms. The Morgan fingerprint density at radius 3 is 2.91 bits per heavy atom. The second-order valence-electron chi connectivity index (χ2n) is 4.62. The number of fused-ring (bicyclic) bond motifs is 1. The molecule has 10 heteroatoms. The van der Waals surface area contributed by atoms with Crippen molar-refractivity contribution in [2.45, 2.75) is 6.54 Å². The zero-order valence-corrected chi connectivity index (χ0v) is 12.0. The number of methoxy groups -OCH3 is 1. The lowest BCUT2D eigenvalue weighted by atomic mass is 10.1. The lowest BCUT2D eigenvalue weighted by Gasteiger charge is -2.12. The van der Waals surface area contributed by atoms with Gasteiger partial charge in [0.2, 0.25) is 0 Å². The fraction of sp³-hybridized carbons (Fsp3) is 0.154. The van der Waals surface area contributed by atoms with Gasteiger partial charge in [-0.1, -0.05) is 0 Å². The van der Waals surface area contributed by atoms with Crippen LogP contribution in [0.15, 0.2) is 35.6 Å². The van der Waals surface area contributed by atoms with Gasteiger partial charge >= 0.3 is 5.97 Å². The SMILES string of the molecule is COC(=O)c1cn(NC(=O)Cn2cccn2)cc2c(=O)[nH]nc1-2. The van der Waals surface area contributed by atoms with Gasteiger partial charge in [-0.25, -0.2) is 9.89 Å². The van der Waals surface area contributed by atoms with E-state index in [-0.39, 0.29) is 29.3 Å². The Hall–Kier alpha value is -3.43. The highest BCUT2D eigenvalue weighted by atomic mass is 16.5. The molecule has 2 N–H and O–H groups in total. The summed E-state index contributed by atoms with van der Waals surface area (Å²) in [7, 11) is 1.21. The number of amides is 1. The van der Waals surface area contributed by atoms with E-state index in [4.69, 9.17) is 0 Å². The highest BCUT2D eigenvalue weighted by Gasteiger charge is 2.22. The number of aromatic amines is 1. The van der Waals surface area contributed by atoms with Crippen molar-refractivity contribution in [3.05, 3.63) is 46.8 Å². The molecule has 0 aromatic carbocycles. The van der Waals surface area contributed by atoms with Crippen molar-refractivity contribution < 1.29 is 14.3 Å². The molecular formula is C13H12N6O4. The van der Waals surface area contributed by atoms with E-state index in [0.29, 0.717) is 0 Å². The predicted molar refractivity (Wildman–Crippen MR) is 77.4 cm³/mol. The Bertz CT molecular complexity index is 878. The van der Waals surface area contributed by atoms with Gasteiger partial charge in [0.05, 0.1) is 12.7 Å². The van der Waals surface area contributed by atoms with E-state index >= 15 is 0 Å². The quantitative estimate of drug-likeness (QED) is 0.621. The fourth-order valence-corrected chi connectivity index (χ4v) is 2.08. The van der Waals surface area contributed by atoms with Gasteiger partial charge in [-0.15, -0.1) is 0 Å². The molecule has 0 bridgehead atoms. The third kappa shape index (κ3) is 2.81. The van der Waals surface area contributed by atoms with Gasteiger partial charge in [0.25, 0.3) is 11.5 Å². The van der Waals surface area contributed by atoms with Crippen LogP contribution < -0.4 is 11.0 Å². The van der Waals surface area contributed by atoms with Crippen molar-refractivity contribution in [2.75, 3.05) is 12.5 Å². The normalized spacial score (nSPS) is 10.7. The lowest BCUT2D eigenvalue weighted by molar-refractivity contribution is -0.117. The van der Waals surface area contributed by atoms with Gasteiger partial charge in [-0.3, -0.25) is 24.4 Å². The van der Waals surface area contributed by atoms with E-state index in [9.17, 15) is 14.4 Å². The lowest BCUT2D eigenvalue weighted by Crippen LogP contribution is -2.28. The van der Waals surface area contributed by atoms with Crippen LogP contribution in [0.5, 0.6) is 0 Å². The number of nitrogens with one attached hydrogen (secondary N) is 2. The summed E-state index contributed by atoms with van der Waals surface area (Å²) in [5.74, 6) is -1.05. The number of nitrogens with zero attached hydrogens (tertiary/aromatic N) is 4. The number of aromatic nitrogens is 5. The Morgan fingerprint density at radius 1 is 1.39 bits per heavy atom. The number of H-pyrrole nitrogens is 1. The summed E-state index contributed by atoms with van der Waals surface area (Å²) in [4.78, 5) is 35.5. The zero-order chi connectivity index (χ0) is 16.4. The highest BCUT2D eigenvalue weighted by molar-refractivity contribution is 5.96. The minimum absolute atomic E-state index is 0.0127. The van der Waals surface area contributed by atoms with Gasteiger partial charge in [-0.05, 0) is 6.07 Å². The second-order valence-corrected chi connectivity index (χ2v) is 4.62. The maximum absolute atomic E-state index is 12.0. The molecule has 3 heterocycles. The average Bonchev–Trinajstić information content (AvgIpc) is 3.16. The summed E-state index contributed by atoms with van der Waals surface area (Å²) in [6, 6.07) is 1.69. The van der Waals surface area contributed by atoms with Crippen LogP contribution in [0.1, 0.15) is 10.4 Å². The van der Waals surface area contributed by atoms with Gasteiger partial charge in [0.15, 0.2) is 0 Å². The summed E-state index contributed by atoms with van der Waals surface area (Å²) in [5, 5.41) is 9.97. The Kier molecular flexibility index (Phi) is 3.63. The van der Waals surface area contributed by atoms with Crippen LogP contribution in [0.4, 0.5) is 0 Å². The first-order valence-corrected chi connectivity index (χ1v) is 6.54. The second kappa shape index (κ2) is 5.75. The summed E-state index contributed by atoms with van der Waals surface area (Å²) >= 11 is 0. The van der Waals surface area contributed by atoms with Crippen molar-refractivity contribution in [2.24, 2.45) is 0 Å². The molecule has 1 amide bonds. The summed E-state index contributed by atoms with van der Waals surface area (Å²) in [6.45, 7) is -0.0127. The molecule has 23 heavy (non-hydrogen) atoms. The van der Waals surface area contributed by atoms with Crippen LogP contribution in [-0.4, -0.2) is 43.6 Å².